The van der Waals surface area contributed by atoms with Crippen LogP contribution in [0.25, 0.3) is 22.5 Å². The summed E-state index contributed by atoms with van der Waals surface area (Å²) in [6.45, 7) is 3.89. The number of aromatic nitrogens is 3. The predicted octanol–water partition coefficient (Wildman–Crippen LogP) is 5.67. The molecule has 2 aromatic heterocycles. The van der Waals surface area contributed by atoms with Crippen LogP contribution < -0.4 is 21.3 Å². The van der Waals surface area contributed by atoms with Gasteiger partial charge < -0.3 is 25.8 Å². The van der Waals surface area contributed by atoms with E-state index in [9.17, 15) is 0 Å². The van der Waals surface area contributed by atoms with Crippen molar-refractivity contribution in [3.8, 4) is 22.5 Å². The average Bonchev–Trinajstić information content (AvgIpc) is 3.41. The van der Waals surface area contributed by atoms with Crippen LogP contribution in [0.2, 0.25) is 0 Å². The highest BCUT2D eigenvalue weighted by molar-refractivity contribution is 5.69. The Kier molecular flexibility index (Phi) is 7.45. The predicted molar refractivity (Wildman–Crippen MR) is 157 cm³/mol. The van der Waals surface area contributed by atoms with Crippen LogP contribution in [-0.2, 0) is 0 Å². The molecular weight excluding hydrogens is 486 g/mol. The zero-order valence-corrected chi connectivity index (χ0v) is 22.5. The highest BCUT2D eigenvalue weighted by Gasteiger charge is 2.29. The van der Waals surface area contributed by atoms with Crippen LogP contribution in [0.4, 0.5) is 17.2 Å². The Labute approximate surface area is 230 Å². The summed E-state index contributed by atoms with van der Waals surface area (Å²) in [5, 5.41) is 11.9. The van der Waals surface area contributed by atoms with Gasteiger partial charge in [0.05, 0.1) is 0 Å². The molecule has 0 unspecified atom stereocenters. The van der Waals surface area contributed by atoms with E-state index in [1.54, 1.807) is 0 Å². The highest BCUT2D eigenvalue weighted by atomic mass is 16.5. The summed E-state index contributed by atoms with van der Waals surface area (Å²) in [6, 6.07) is 22.0. The highest BCUT2D eigenvalue weighted by Crippen LogP contribution is 2.28. The second-order valence-electron chi connectivity index (χ2n) is 10.8. The lowest BCUT2D eigenvalue weighted by Crippen LogP contribution is -2.54. The summed E-state index contributed by atoms with van der Waals surface area (Å²) in [4.78, 5) is 11.5. The zero-order valence-electron chi connectivity index (χ0n) is 22.5. The quantitative estimate of drug-likeness (QED) is 0.266. The first kappa shape index (κ1) is 25.4. The van der Waals surface area contributed by atoms with Crippen LogP contribution in [0.5, 0.6) is 0 Å². The molecule has 4 N–H and O–H groups in total. The van der Waals surface area contributed by atoms with Crippen molar-refractivity contribution in [2.45, 2.75) is 63.6 Å². The number of nitrogens with one attached hydrogen (secondary N) is 2. The Hall–Kier alpha value is -3.91. The summed E-state index contributed by atoms with van der Waals surface area (Å²) in [5.41, 5.74) is 11.3. The maximum Gasteiger partial charge on any atom is 0.223 e. The number of anilines is 3. The minimum atomic E-state index is 0.357. The van der Waals surface area contributed by atoms with Gasteiger partial charge in [-0.05, 0) is 85.3 Å². The molecule has 2 aliphatic rings. The van der Waals surface area contributed by atoms with Crippen LogP contribution in [0.3, 0.4) is 0 Å². The van der Waals surface area contributed by atoms with Gasteiger partial charge in [-0.3, -0.25) is 0 Å². The number of aryl methyl sites for hydroxylation is 1. The van der Waals surface area contributed by atoms with E-state index in [0.29, 0.717) is 29.8 Å². The lowest BCUT2D eigenvalue weighted by atomic mass is 9.89. The molecule has 1 saturated carbocycles. The van der Waals surface area contributed by atoms with Crippen molar-refractivity contribution in [2.24, 2.45) is 0 Å². The van der Waals surface area contributed by atoms with Gasteiger partial charge >= 0.3 is 0 Å². The van der Waals surface area contributed by atoms with Crippen LogP contribution in [0.15, 0.2) is 71.4 Å². The van der Waals surface area contributed by atoms with Crippen molar-refractivity contribution in [3.63, 3.8) is 0 Å². The van der Waals surface area contributed by atoms with Gasteiger partial charge in [0.25, 0.3) is 0 Å². The van der Waals surface area contributed by atoms with E-state index in [1.807, 2.05) is 37.4 Å². The minimum absolute atomic E-state index is 0.357. The Morgan fingerprint density at radius 2 is 1.72 bits per heavy atom. The molecule has 2 fully saturated rings. The van der Waals surface area contributed by atoms with Crippen molar-refractivity contribution in [2.75, 3.05) is 29.0 Å². The number of hydrogen-bond donors (Lipinski definition) is 3. The summed E-state index contributed by atoms with van der Waals surface area (Å²) in [5.74, 6) is 2.15. The molecular formula is C31H37N7O. The first-order valence-electron chi connectivity index (χ1n) is 14.1. The first-order valence-corrected chi connectivity index (χ1v) is 14.1. The summed E-state index contributed by atoms with van der Waals surface area (Å²) >= 11 is 0. The fourth-order valence-corrected chi connectivity index (χ4v) is 5.99. The molecule has 1 aliphatic carbocycles. The van der Waals surface area contributed by atoms with Gasteiger partial charge in [0.1, 0.15) is 5.82 Å². The van der Waals surface area contributed by atoms with Crippen LogP contribution in [0.1, 0.15) is 44.4 Å². The van der Waals surface area contributed by atoms with Crippen molar-refractivity contribution in [3.05, 3.63) is 72.8 Å². The van der Waals surface area contributed by atoms with Gasteiger partial charge in [0.15, 0.2) is 0 Å². The second-order valence-corrected chi connectivity index (χ2v) is 10.8. The molecule has 3 heterocycles. The van der Waals surface area contributed by atoms with Crippen LogP contribution in [0, 0.1) is 6.92 Å². The Morgan fingerprint density at radius 3 is 2.51 bits per heavy atom. The second kappa shape index (κ2) is 11.5. The fraction of sp³-hybridized carbons (Fsp3) is 0.387. The van der Waals surface area contributed by atoms with E-state index in [4.69, 9.17) is 10.3 Å². The van der Waals surface area contributed by atoms with Gasteiger partial charge in [0.2, 0.25) is 11.7 Å². The van der Waals surface area contributed by atoms with E-state index < -0.39 is 0 Å². The first-order chi connectivity index (χ1) is 19.1. The summed E-state index contributed by atoms with van der Waals surface area (Å²) < 4.78 is 5.13. The smallest absolute Gasteiger partial charge is 0.223 e. The molecule has 202 valence electrons. The topological polar surface area (TPSA) is 105 Å². The number of nitrogen functional groups attached to an aromatic ring is 1. The molecule has 1 aliphatic heterocycles. The van der Waals surface area contributed by atoms with Crippen molar-refractivity contribution >= 4 is 17.2 Å². The number of nitrogens with two attached hydrogens (primary N) is 1. The Bertz CT molecular complexity index is 1390. The number of piperidine rings is 1. The molecule has 6 rings (SSSR count). The lowest BCUT2D eigenvalue weighted by Gasteiger charge is -2.40. The number of nitrogens with zero attached hydrogens (tertiary/aromatic N) is 4. The van der Waals surface area contributed by atoms with Gasteiger partial charge in [-0.2, -0.15) is 4.98 Å². The van der Waals surface area contributed by atoms with Crippen molar-refractivity contribution in [1.29, 1.82) is 0 Å². The zero-order chi connectivity index (χ0) is 26.6. The maximum absolute atomic E-state index is 6.02. The number of rotatable bonds is 7. The van der Waals surface area contributed by atoms with Gasteiger partial charge in [-0.15, -0.1) is 0 Å². The van der Waals surface area contributed by atoms with Crippen molar-refractivity contribution in [1.82, 2.24) is 20.4 Å². The fourth-order valence-electron chi connectivity index (χ4n) is 5.99. The van der Waals surface area contributed by atoms with Gasteiger partial charge in [0, 0.05) is 61.3 Å². The standard InChI is InChI=1S/C31H37N7O/c1-21-34-31(37-39-21)22-11-13-27(14-12-22)38-17-5-8-26(20-38)35-28-9-2-3-10-29(28)36-30-19-24(15-16-33-30)23-6-4-7-25(32)18-23/h4,6-7,11-16,18-19,26,28-29,35H,2-3,5,8-10,17,20,32H2,1H3,(H,33,36)/t26-,28+,29+/m0/s1. The van der Waals surface area contributed by atoms with Gasteiger partial charge in [-0.25, -0.2) is 4.98 Å². The molecule has 0 spiro atoms. The molecule has 39 heavy (non-hydrogen) atoms. The molecule has 0 amide bonds. The number of benzene rings is 2. The Balaban J connectivity index is 1.10. The maximum atomic E-state index is 6.02. The molecule has 2 aromatic carbocycles. The van der Waals surface area contributed by atoms with E-state index in [-0.39, 0.29) is 0 Å². The number of pyridine rings is 1. The third kappa shape index (κ3) is 6.06. The largest absolute Gasteiger partial charge is 0.399 e. The van der Waals surface area contributed by atoms with E-state index in [2.05, 4.69) is 67.1 Å². The molecule has 8 nitrogen and oxygen atoms in total. The molecule has 3 atom stereocenters. The number of hydrogen-bond acceptors (Lipinski definition) is 8. The third-order valence-electron chi connectivity index (χ3n) is 7.97. The molecule has 0 bridgehead atoms. The Morgan fingerprint density at radius 1 is 0.897 bits per heavy atom. The summed E-state index contributed by atoms with van der Waals surface area (Å²) in [7, 11) is 0. The SMILES string of the molecule is Cc1nc(-c2ccc(N3CCC[C@H](N[C@@H]4CCCC[C@H]4Nc4cc(-c5cccc(N)c5)ccn4)C3)cc2)no1. The van der Waals surface area contributed by atoms with Gasteiger partial charge in [-0.1, -0.05) is 30.1 Å². The van der Waals surface area contributed by atoms with Crippen LogP contribution in [-0.4, -0.2) is 46.3 Å². The van der Waals surface area contributed by atoms with Crippen LogP contribution >= 0.6 is 0 Å². The average molecular weight is 524 g/mol. The van der Waals surface area contributed by atoms with E-state index in [1.165, 1.54) is 37.8 Å². The van der Waals surface area contributed by atoms with Crippen molar-refractivity contribution < 1.29 is 4.52 Å². The van der Waals surface area contributed by atoms with E-state index in [0.717, 1.165) is 47.7 Å². The van der Waals surface area contributed by atoms with E-state index >= 15 is 0 Å². The molecule has 4 aromatic rings. The molecule has 0 radical (unpaired) electrons. The monoisotopic (exact) mass is 523 g/mol. The normalized spacial score (nSPS) is 21.6. The third-order valence-corrected chi connectivity index (χ3v) is 7.97. The summed E-state index contributed by atoms with van der Waals surface area (Å²) in [6.07, 6.45) is 9.10. The molecule has 1 saturated heterocycles. The minimum Gasteiger partial charge on any atom is -0.399 e. The molecule has 8 heteroatoms. The lowest BCUT2D eigenvalue weighted by molar-refractivity contribution is 0.293.